The first-order valence-electron chi connectivity index (χ1n) is 19.8. The second-order valence-electron chi connectivity index (χ2n) is 14.9. The lowest BCUT2D eigenvalue weighted by Gasteiger charge is -2.28. The first-order valence-corrected chi connectivity index (χ1v) is 19.8. The van der Waals surface area contributed by atoms with Crippen molar-refractivity contribution >= 4 is 60.5 Å². The molecule has 0 radical (unpaired) electrons. The molecule has 2 nitrogen and oxygen atoms in total. The maximum absolute atomic E-state index is 6.45. The molecule has 10 aromatic carbocycles. The summed E-state index contributed by atoms with van der Waals surface area (Å²) in [7, 11) is 0. The Kier molecular flexibility index (Phi) is 8.19. The Morgan fingerprint density at radius 2 is 0.879 bits per heavy atom. The largest absolute Gasteiger partial charge is 0.455 e. The van der Waals surface area contributed by atoms with Crippen molar-refractivity contribution in [3.8, 4) is 44.5 Å². The number of nitrogens with zero attached hydrogens (tertiary/aromatic N) is 1. The highest BCUT2D eigenvalue weighted by Gasteiger charge is 2.19. The van der Waals surface area contributed by atoms with Crippen LogP contribution in [0.25, 0.3) is 88.0 Å². The van der Waals surface area contributed by atoms with Gasteiger partial charge >= 0.3 is 0 Å². The van der Waals surface area contributed by atoms with Gasteiger partial charge in [-0.2, -0.15) is 0 Å². The van der Waals surface area contributed by atoms with Crippen molar-refractivity contribution in [3.05, 3.63) is 224 Å². The number of fused-ring (bicyclic) bond motifs is 5. The van der Waals surface area contributed by atoms with Gasteiger partial charge in [0.1, 0.15) is 11.2 Å². The van der Waals surface area contributed by atoms with Gasteiger partial charge in [-0.3, -0.25) is 0 Å². The summed E-state index contributed by atoms with van der Waals surface area (Å²) in [6.45, 7) is 0. The lowest BCUT2D eigenvalue weighted by atomic mass is 9.95. The molecule has 11 rings (SSSR count). The van der Waals surface area contributed by atoms with E-state index in [1.54, 1.807) is 0 Å². The lowest BCUT2D eigenvalue weighted by Crippen LogP contribution is -2.11. The average molecular weight is 740 g/mol. The van der Waals surface area contributed by atoms with E-state index in [0.29, 0.717) is 0 Å². The third-order valence-electron chi connectivity index (χ3n) is 11.4. The smallest absolute Gasteiger partial charge is 0.143 e. The zero-order chi connectivity index (χ0) is 38.4. The summed E-state index contributed by atoms with van der Waals surface area (Å²) in [6, 6.07) is 80.8. The van der Waals surface area contributed by atoms with Crippen molar-refractivity contribution in [3.63, 3.8) is 0 Å². The van der Waals surface area contributed by atoms with Crippen LogP contribution >= 0.6 is 0 Å². The van der Waals surface area contributed by atoms with Crippen LogP contribution in [0.3, 0.4) is 0 Å². The average Bonchev–Trinajstić information content (AvgIpc) is 3.68. The van der Waals surface area contributed by atoms with Crippen molar-refractivity contribution in [1.82, 2.24) is 0 Å². The van der Waals surface area contributed by atoms with E-state index in [2.05, 4.69) is 217 Å². The zero-order valence-electron chi connectivity index (χ0n) is 31.7. The summed E-state index contributed by atoms with van der Waals surface area (Å²) in [5.74, 6) is 0. The summed E-state index contributed by atoms with van der Waals surface area (Å²) in [5.41, 5.74) is 14.3. The molecular weight excluding hydrogens is 703 g/mol. The van der Waals surface area contributed by atoms with Crippen molar-refractivity contribution in [2.45, 2.75) is 0 Å². The van der Waals surface area contributed by atoms with E-state index in [9.17, 15) is 0 Å². The molecule has 11 aromatic rings. The van der Waals surface area contributed by atoms with E-state index in [1.807, 2.05) is 12.1 Å². The first-order chi connectivity index (χ1) is 28.7. The fourth-order valence-corrected chi connectivity index (χ4v) is 8.63. The quantitative estimate of drug-likeness (QED) is 0.162. The van der Waals surface area contributed by atoms with E-state index in [-0.39, 0.29) is 0 Å². The third-order valence-corrected chi connectivity index (χ3v) is 11.4. The van der Waals surface area contributed by atoms with Crippen LogP contribution in [0.1, 0.15) is 0 Å². The van der Waals surface area contributed by atoms with Gasteiger partial charge in [0.05, 0.1) is 5.69 Å². The minimum absolute atomic E-state index is 0.903. The normalized spacial score (nSPS) is 11.4. The number of furan rings is 1. The molecule has 2 heteroatoms. The van der Waals surface area contributed by atoms with Crippen LogP contribution in [-0.4, -0.2) is 0 Å². The summed E-state index contributed by atoms with van der Waals surface area (Å²) >= 11 is 0. The Bertz CT molecular complexity index is 3290. The first kappa shape index (κ1) is 33.6. The lowest BCUT2D eigenvalue weighted by molar-refractivity contribution is 0.670. The van der Waals surface area contributed by atoms with Crippen LogP contribution < -0.4 is 4.90 Å². The van der Waals surface area contributed by atoms with Crippen molar-refractivity contribution in [2.75, 3.05) is 4.90 Å². The number of para-hydroxylation sites is 3. The van der Waals surface area contributed by atoms with Crippen LogP contribution in [0.4, 0.5) is 17.1 Å². The molecule has 0 saturated carbocycles. The molecular formula is C56H37NO. The van der Waals surface area contributed by atoms with E-state index in [0.717, 1.165) is 61.3 Å². The zero-order valence-corrected chi connectivity index (χ0v) is 31.7. The molecule has 1 aromatic heterocycles. The Hall–Kier alpha value is -7.68. The molecule has 0 aliphatic carbocycles. The van der Waals surface area contributed by atoms with Crippen molar-refractivity contribution in [1.29, 1.82) is 0 Å². The van der Waals surface area contributed by atoms with Crippen LogP contribution in [-0.2, 0) is 0 Å². The third kappa shape index (κ3) is 5.91. The standard InChI is InChI=1S/C56H37NO/c1-2-15-41-35-45(30-29-38(41)13-1)50-22-5-7-27-54(50)57(46-33-31-40(32-34-46)51-25-12-26-53-52-23-6-8-28-55(52)58-56(51)53)47-20-10-18-43(37-47)42-17-9-19-44(36-42)49-24-11-16-39-14-3-4-21-48(39)49/h1-37H. The van der Waals surface area contributed by atoms with Crippen LogP contribution in [0.2, 0.25) is 0 Å². The second-order valence-corrected chi connectivity index (χ2v) is 14.9. The maximum atomic E-state index is 6.45. The molecule has 0 bridgehead atoms. The van der Waals surface area contributed by atoms with E-state index in [4.69, 9.17) is 4.42 Å². The maximum Gasteiger partial charge on any atom is 0.143 e. The topological polar surface area (TPSA) is 16.4 Å². The molecule has 0 fully saturated rings. The summed E-state index contributed by atoms with van der Waals surface area (Å²) < 4.78 is 6.45. The number of hydrogen-bond acceptors (Lipinski definition) is 2. The molecule has 58 heavy (non-hydrogen) atoms. The van der Waals surface area contributed by atoms with Crippen LogP contribution in [0.5, 0.6) is 0 Å². The van der Waals surface area contributed by atoms with Gasteiger partial charge in [-0.05, 0) is 103 Å². The summed E-state index contributed by atoms with van der Waals surface area (Å²) in [5, 5.41) is 7.22. The van der Waals surface area contributed by atoms with Gasteiger partial charge in [-0.15, -0.1) is 0 Å². The van der Waals surface area contributed by atoms with Crippen LogP contribution in [0, 0.1) is 0 Å². The fraction of sp³-hybridized carbons (Fsp3) is 0. The highest BCUT2D eigenvalue weighted by Crippen LogP contribution is 2.44. The highest BCUT2D eigenvalue weighted by atomic mass is 16.3. The van der Waals surface area contributed by atoms with Gasteiger partial charge in [0, 0.05) is 33.3 Å². The summed E-state index contributed by atoms with van der Waals surface area (Å²) in [6.07, 6.45) is 0. The number of anilines is 3. The molecule has 0 amide bonds. The molecule has 0 spiro atoms. The Balaban J connectivity index is 1.05. The molecule has 272 valence electrons. The molecule has 0 N–H and O–H groups in total. The van der Waals surface area contributed by atoms with E-state index < -0.39 is 0 Å². The minimum Gasteiger partial charge on any atom is -0.455 e. The van der Waals surface area contributed by atoms with Gasteiger partial charge in [-0.25, -0.2) is 0 Å². The number of rotatable bonds is 7. The van der Waals surface area contributed by atoms with Crippen LogP contribution in [0.15, 0.2) is 229 Å². The van der Waals surface area contributed by atoms with Crippen molar-refractivity contribution < 1.29 is 4.42 Å². The predicted molar refractivity (Wildman–Crippen MR) is 245 cm³/mol. The van der Waals surface area contributed by atoms with Gasteiger partial charge in [0.25, 0.3) is 0 Å². The Labute approximate surface area is 337 Å². The number of hydrogen-bond donors (Lipinski definition) is 0. The SMILES string of the molecule is c1cc(-c2cccc(N(c3ccc(-c4cccc5c4oc4ccccc45)cc3)c3ccccc3-c3ccc4ccccc4c3)c2)cc(-c2cccc3ccccc23)c1. The Morgan fingerprint density at radius 3 is 1.78 bits per heavy atom. The molecule has 0 aliphatic rings. The monoisotopic (exact) mass is 739 g/mol. The molecule has 0 saturated heterocycles. The van der Waals surface area contributed by atoms with Crippen molar-refractivity contribution in [2.24, 2.45) is 0 Å². The second kappa shape index (κ2) is 14.1. The van der Waals surface area contributed by atoms with E-state index in [1.165, 1.54) is 43.8 Å². The molecule has 0 aliphatic heterocycles. The fourth-order valence-electron chi connectivity index (χ4n) is 8.63. The number of benzene rings is 10. The van der Waals surface area contributed by atoms with Gasteiger partial charge in [-0.1, -0.05) is 176 Å². The minimum atomic E-state index is 0.903. The highest BCUT2D eigenvalue weighted by molar-refractivity contribution is 6.09. The predicted octanol–water partition coefficient (Wildman–Crippen LogP) is 16.0. The summed E-state index contributed by atoms with van der Waals surface area (Å²) in [4.78, 5) is 2.40. The van der Waals surface area contributed by atoms with Gasteiger partial charge < -0.3 is 9.32 Å². The Morgan fingerprint density at radius 1 is 0.293 bits per heavy atom. The van der Waals surface area contributed by atoms with Gasteiger partial charge in [0.15, 0.2) is 0 Å². The molecule has 0 atom stereocenters. The van der Waals surface area contributed by atoms with Gasteiger partial charge in [0.2, 0.25) is 0 Å². The molecule has 1 heterocycles. The van der Waals surface area contributed by atoms with E-state index >= 15 is 0 Å². The molecule has 0 unspecified atom stereocenters.